The van der Waals surface area contributed by atoms with Crippen molar-refractivity contribution >= 4 is 16.7 Å². The number of hydrogen-bond acceptors (Lipinski definition) is 5. The lowest BCUT2D eigenvalue weighted by Crippen LogP contribution is -2.27. The van der Waals surface area contributed by atoms with Crippen molar-refractivity contribution in [2.75, 3.05) is 18.5 Å². The quantitative estimate of drug-likeness (QED) is 0.796. The molecule has 3 rings (SSSR count). The molecule has 0 aliphatic carbocycles. The molecule has 0 spiro atoms. The molecule has 20 heavy (non-hydrogen) atoms. The number of hydrogen-bond donors (Lipinski definition) is 1. The van der Waals surface area contributed by atoms with Crippen LogP contribution in [0.25, 0.3) is 10.9 Å². The van der Waals surface area contributed by atoms with Crippen LogP contribution in [-0.2, 0) is 6.42 Å². The molecular weight excluding hydrogens is 252 g/mol. The van der Waals surface area contributed by atoms with E-state index in [4.69, 9.17) is 5.11 Å². The summed E-state index contributed by atoms with van der Waals surface area (Å²) < 4.78 is 0. The van der Waals surface area contributed by atoms with Gasteiger partial charge in [-0.2, -0.15) is 0 Å². The van der Waals surface area contributed by atoms with E-state index in [9.17, 15) is 0 Å². The molecule has 5 heteroatoms. The molecule has 108 valence electrons. The van der Waals surface area contributed by atoms with Gasteiger partial charge in [0.25, 0.3) is 0 Å². The van der Waals surface area contributed by atoms with Crippen LogP contribution in [0.1, 0.15) is 31.1 Å². The molecule has 0 saturated carbocycles. The van der Waals surface area contributed by atoms with Gasteiger partial charge in [0.05, 0.1) is 16.6 Å². The summed E-state index contributed by atoms with van der Waals surface area (Å²) in [5.41, 5.74) is 3.20. The molecule has 0 fully saturated rings. The number of rotatable bonds is 0. The Balaban J connectivity index is 0.000000328. The molecule has 0 unspecified atom stereocenters. The maximum atomic E-state index is 8.06. The van der Waals surface area contributed by atoms with Crippen LogP contribution in [0.5, 0.6) is 0 Å². The van der Waals surface area contributed by atoms with Crippen molar-refractivity contribution < 1.29 is 5.11 Å². The van der Waals surface area contributed by atoms with Crippen LogP contribution in [0.2, 0.25) is 0 Å². The second-order valence-corrected chi connectivity index (χ2v) is 5.46. The van der Waals surface area contributed by atoms with Crippen molar-refractivity contribution in [3.8, 4) is 0 Å². The zero-order valence-electron chi connectivity index (χ0n) is 12.8. The van der Waals surface area contributed by atoms with Crippen LogP contribution < -0.4 is 4.90 Å². The fourth-order valence-electron chi connectivity index (χ4n) is 2.30. The fourth-order valence-corrected chi connectivity index (χ4v) is 2.30. The van der Waals surface area contributed by atoms with Gasteiger partial charge >= 0.3 is 0 Å². The van der Waals surface area contributed by atoms with Crippen LogP contribution in [0.4, 0.5) is 5.82 Å². The maximum absolute atomic E-state index is 8.06. The Hall–Kier alpha value is -1.75. The SMILES string of the molecule is CC(C)O.Cc1cc2nc(C)nc3c2c(n1)CCN3C. The van der Waals surface area contributed by atoms with E-state index >= 15 is 0 Å². The summed E-state index contributed by atoms with van der Waals surface area (Å²) in [6.07, 6.45) is 0.814. The minimum absolute atomic E-state index is 0.167. The third kappa shape index (κ3) is 3.04. The summed E-state index contributed by atoms with van der Waals surface area (Å²) in [5.74, 6) is 1.85. The van der Waals surface area contributed by atoms with Crippen LogP contribution in [-0.4, -0.2) is 39.8 Å². The molecule has 1 N–H and O–H groups in total. The minimum Gasteiger partial charge on any atom is -0.394 e. The fraction of sp³-hybridized carbons (Fsp3) is 0.533. The summed E-state index contributed by atoms with van der Waals surface area (Å²) in [4.78, 5) is 15.8. The lowest BCUT2D eigenvalue weighted by atomic mass is 10.1. The number of nitrogens with zero attached hydrogens (tertiary/aromatic N) is 4. The van der Waals surface area contributed by atoms with Gasteiger partial charge in [-0.05, 0) is 33.8 Å². The second kappa shape index (κ2) is 5.71. The molecule has 0 saturated heterocycles. The highest BCUT2D eigenvalue weighted by Gasteiger charge is 2.20. The number of pyridine rings is 1. The van der Waals surface area contributed by atoms with Gasteiger partial charge in [0.2, 0.25) is 0 Å². The highest BCUT2D eigenvalue weighted by molar-refractivity contribution is 5.92. The predicted molar refractivity (Wildman–Crippen MR) is 81.1 cm³/mol. The molecule has 1 aliphatic rings. The first-order chi connectivity index (χ1) is 9.38. The predicted octanol–water partition coefficient (Wildman–Crippen LogP) is 2.02. The van der Waals surface area contributed by atoms with E-state index in [0.717, 1.165) is 46.9 Å². The van der Waals surface area contributed by atoms with Crippen LogP contribution >= 0.6 is 0 Å². The number of aromatic nitrogens is 3. The smallest absolute Gasteiger partial charge is 0.141 e. The maximum Gasteiger partial charge on any atom is 0.141 e. The number of aliphatic hydroxyl groups excluding tert-OH is 1. The summed E-state index contributed by atoms with van der Waals surface area (Å²) in [7, 11) is 2.07. The van der Waals surface area contributed by atoms with Crippen LogP contribution in [0.15, 0.2) is 6.07 Å². The zero-order valence-corrected chi connectivity index (χ0v) is 12.8. The topological polar surface area (TPSA) is 62.1 Å². The minimum atomic E-state index is -0.167. The van der Waals surface area contributed by atoms with E-state index in [1.807, 2.05) is 19.9 Å². The molecule has 0 atom stereocenters. The Morgan fingerprint density at radius 1 is 1.20 bits per heavy atom. The first-order valence-electron chi connectivity index (χ1n) is 6.92. The molecule has 0 aromatic carbocycles. The molecule has 0 amide bonds. The Morgan fingerprint density at radius 2 is 1.85 bits per heavy atom. The number of anilines is 1. The van der Waals surface area contributed by atoms with E-state index < -0.39 is 0 Å². The van der Waals surface area contributed by atoms with Crippen molar-refractivity contribution in [1.29, 1.82) is 0 Å². The monoisotopic (exact) mass is 274 g/mol. The molecule has 2 aromatic heterocycles. The molecule has 2 aromatic rings. The summed E-state index contributed by atoms with van der Waals surface area (Å²) in [6, 6.07) is 2.04. The van der Waals surface area contributed by atoms with Gasteiger partial charge in [-0.3, -0.25) is 4.98 Å². The summed E-state index contributed by atoms with van der Waals surface area (Å²) >= 11 is 0. The molecule has 1 aliphatic heterocycles. The van der Waals surface area contributed by atoms with E-state index in [-0.39, 0.29) is 6.10 Å². The van der Waals surface area contributed by atoms with Crippen molar-refractivity contribution in [2.45, 2.75) is 40.2 Å². The van der Waals surface area contributed by atoms with E-state index in [2.05, 4.69) is 26.9 Å². The zero-order chi connectivity index (χ0) is 14.9. The Kier molecular flexibility index (Phi) is 4.18. The second-order valence-electron chi connectivity index (χ2n) is 5.46. The van der Waals surface area contributed by atoms with Gasteiger partial charge in [0.15, 0.2) is 0 Å². The Bertz CT molecular complexity index is 617. The van der Waals surface area contributed by atoms with Gasteiger partial charge < -0.3 is 10.0 Å². The lowest BCUT2D eigenvalue weighted by molar-refractivity contribution is 0.216. The van der Waals surface area contributed by atoms with Gasteiger partial charge in [-0.1, -0.05) is 0 Å². The first kappa shape index (κ1) is 14.7. The molecule has 0 radical (unpaired) electrons. The average molecular weight is 274 g/mol. The van der Waals surface area contributed by atoms with E-state index in [0.29, 0.717) is 0 Å². The van der Waals surface area contributed by atoms with Gasteiger partial charge in [-0.15, -0.1) is 0 Å². The van der Waals surface area contributed by atoms with Crippen molar-refractivity contribution in [1.82, 2.24) is 15.0 Å². The van der Waals surface area contributed by atoms with Crippen molar-refractivity contribution in [3.05, 3.63) is 23.3 Å². The largest absolute Gasteiger partial charge is 0.394 e. The van der Waals surface area contributed by atoms with Gasteiger partial charge in [-0.25, -0.2) is 9.97 Å². The molecule has 5 nitrogen and oxygen atoms in total. The third-order valence-electron chi connectivity index (χ3n) is 3.02. The molecule has 3 heterocycles. The normalized spacial score (nSPS) is 13.4. The Labute approximate surface area is 119 Å². The Morgan fingerprint density at radius 3 is 2.50 bits per heavy atom. The summed E-state index contributed by atoms with van der Waals surface area (Å²) in [6.45, 7) is 8.38. The first-order valence-corrected chi connectivity index (χ1v) is 6.92. The number of likely N-dealkylation sites (N-methyl/N-ethyl adjacent to an activating group) is 1. The van der Waals surface area contributed by atoms with E-state index in [1.54, 1.807) is 13.8 Å². The van der Waals surface area contributed by atoms with Gasteiger partial charge in [0.1, 0.15) is 11.6 Å². The highest BCUT2D eigenvalue weighted by Crippen LogP contribution is 2.30. The molecule has 0 bridgehead atoms. The lowest BCUT2D eigenvalue weighted by Gasteiger charge is -2.25. The third-order valence-corrected chi connectivity index (χ3v) is 3.02. The molecular formula is C15H22N4O. The van der Waals surface area contributed by atoms with Gasteiger partial charge in [0, 0.05) is 31.8 Å². The van der Waals surface area contributed by atoms with E-state index in [1.165, 1.54) is 0 Å². The highest BCUT2D eigenvalue weighted by atomic mass is 16.3. The van der Waals surface area contributed by atoms with Crippen molar-refractivity contribution in [3.63, 3.8) is 0 Å². The average Bonchev–Trinajstić information content (AvgIpc) is 2.32. The summed E-state index contributed by atoms with van der Waals surface area (Å²) in [5, 5.41) is 9.19. The standard InChI is InChI=1S/C12H14N4.C3H8O/c1-7-6-10-11-9(13-7)4-5-16(3)12(11)15-8(2)14-10;1-3(2)4/h6H,4-5H2,1-3H3;3-4H,1-2H3. The van der Waals surface area contributed by atoms with Crippen LogP contribution in [0.3, 0.4) is 0 Å². The van der Waals surface area contributed by atoms with Crippen molar-refractivity contribution in [2.24, 2.45) is 0 Å². The number of aliphatic hydroxyl groups is 1. The van der Waals surface area contributed by atoms with Crippen LogP contribution in [0, 0.1) is 13.8 Å². The number of aryl methyl sites for hydroxylation is 2.